The summed E-state index contributed by atoms with van der Waals surface area (Å²) in [5.74, 6) is 0.534. The minimum Gasteiger partial charge on any atom is -0.391 e. The molecule has 0 aliphatic heterocycles. The van der Waals surface area contributed by atoms with E-state index in [1.54, 1.807) is 6.92 Å². The first-order valence-corrected chi connectivity index (χ1v) is 5.06. The molecular formula is C12H19NO. The third-order valence-electron chi connectivity index (χ3n) is 2.51. The lowest BCUT2D eigenvalue weighted by atomic mass is 9.98. The Bertz CT molecular complexity index is 277. The molecule has 14 heavy (non-hydrogen) atoms. The third kappa shape index (κ3) is 2.56. The maximum atomic E-state index is 9.33. The fourth-order valence-corrected chi connectivity index (χ4v) is 1.38. The highest BCUT2D eigenvalue weighted by molar-refractivity contribution is 5.27. The monoisotopic (exact) mass is 193 g/mol. The Morgan fingerprint density at radius 2 is 1.43 bits per heavy atom. The average molecular weight is 193 g/mol. The van der Waals surface area contributed by atoms with E-state index in [4.69, 9.17) is 5.73 Å². The van der Waals surface area contributed by atoms with Crippen LogP contribution in [0.15, 0.2) is 24.3 Å². The van der Waals surface area contributed by atoms with Gasteiger partial charge in [0.15, 0.2) is 0 Å². The summed E-state index contributed by atoms with van der Waals surface area (Å²) in [5.41, 5.74) is 8.10. The van der Waals surface area contributed by atoms with Crippen LogP contribution < -0.4 is 5.73 Å². The summed E-state index contributed by atoms with van der Waals surface area (Å²) < 4.78 is 0. The lowest BCUT2D eigenvalue weighted by Gasteiger charge is -2.15. The van der Waals surface area contributed by atoms with Crippen molar-refractivity contribution in [3.8, 4) is 0 Å². The number of hydrogen-bond donors (Lipinski definition) is 2. The largest absolute Gasteiger partial charge is 0.391 e. The first-order valence-electron chi connectivity index (χ1n) is 5.06. The molecule has 0 aromatic heterocycles. The molecule has 0 heterocycles. The van der Waals surface area contributed by atoms with Gasteiger partial charge in [0.05, 0.1) is 12.1 Å². The molecule has 2 atom stereocenters. The van der Waals surface area contributed by atoms with Crippen molar-refractivity contribution in [3.05, 3.63) is 35.4 Å². The maximum Gasteiger partial charge on any atom is 0.0704 e. The number of rotatable bonds is 3. The highest BCUT2D eigenvalue weighted by Crippen LogP contribution is 2.19. The molecule has 0 amide bonds. The number of aliphatic hydroxyl groups is 1. The molecule has 0 aliphatic rings. The van der Waals surface area contributed by atoms with E-state index < -0.39 is 6.10 Å². The van der Waals surface area contributed by atoms with Crippen molar-refractivity contribution in [1.82, 2.24) is 0 Å². The fraction of sp³-hybridized carbons (Fsp3) is 0.500. The van der Waals surface area contributed by atoms with E-state index in [0.717, 1.165) is 5.56 Å². The van der Waals surface area contributed by atoms with Crippen molar-refractivity contribution in [2.45, 2.75) is 38.8 Å². The van der Waals surface area contributed by atoms with Crippen molar-refractivity contribution in [3.63, 3.8) is 0 Å². The minimum atomic E-state index is -0.500. The van der Waals surface area contributed by atoms with Gasteiger partial charge in [-0.05, 0) is 24.0 Å². The quantitative estimate of drug-likeness (QED) is 0.773. The normalized spacial score (nSPS) is 15.6. The van der Waals surface area contributed by atoms with Crippen molar-refractivity contribution in [2.24, 2.45) is 5.73 Å². The van der Waals surface area contributed by atoms with Crippen molar-refractivity contribution >= 4 is 0 Å². The fourth-order valence-electron chi connectivity index (χ4n) is 1.38. The Hall–Kier alpha value is -0.860. The van der Waals surface area contributed by atoms with Gasteiger partial charge in [-0.25, -0.2) is 0 Å². The van der Waals surface area contributed by atoms with Crippen LogP contribution in [0.3, 0.4) is 0 Å². The molecule has 2 nitrogen and oxygen atoms in total. The third-order valence-corrected chi connectivity index (χ3v) is 2.51. The number of hydrogen-bond acceptors (Lipinski definition) is 2. The van der Waals surface area contributed by atoms with Crippen LogP contribution in [0.4, 0.5) is 0 Å². The van der Waals surface area contributed by atoms with Crippen LogP contribution in [-0.2, 0) is 0 Å². The summed E-state index contributed by atoms with van der Waals surface area (Å²) in [6, 6.07) is 7.85. The molecule has 0 radical (unpaired) electrons. The molecule has 1 rings (SSSR count). The Morgan fingerprint density at radius 1 is 1.00 bits per heavy atom. The van der Waals surface area contributed by atoms with E-state index in [9.17, 15) is 5.11 Å². The molecule has 0 bridgehead atoms. The SMILES string of the molecule is CC(C)c1ccc([C@H](N)[C@@H](C)O)cc1. The van der Waals surface area contributed by atoms with Crippen molar-refractivity contribution < 1.29 is 5.11 Å². The second kappa shape index (κ2) is 4.58. The predicted molar refractivity (Wildman–Crippen MR) is 59.1 cm³/mol. The van der Waals surface area contributed by atoms with Crippen LogP contribution in [0.5, 0.6) is 0 Å². The van der Waals surface area contributed by atoms with E-state index in [1.165, 1.54) is 5.56 Å². The summed E-state index contributed by atoms with van der Waals surface area (Å²) in [7, 11) is 0. The van der Waals surface area contributed by atoms with Gasteiger partial charge in [0.1, 0.15) is 0 Å². The van der Waals surface area contributed by atoms with Crippen LogP contribution in [-0.4, -0.2) is 11.2 Å². The van der Waals surface area contributed by atoms with E-state index in [-0.39, 0.29) is 6.04 Å². The zero-order valence-electron chi connectivity index (χ0n) is 9.07. The van der Waals surface area contributed by atoms with E-state index >= 15 is 0 Å². The van der Waals surface area contributed by atoms with Crippen LogP contribution >= 0.6 is 0 Å². The van der Waals surface area contributed by atoms with Gasteiger partial charge < -0.3 is 10.8 Å². The Balaban J connectivity index is 2.83. The topological polar surface area (TPSA) is 46.2 Å². The smallest absolute Gasteiger partial charge is 0.0704 e. The second-order valence-electron chi connectivity index (χ2n) is 4.09. The molecule has 0 fully saturated rings. The average Bonchev–Trinajstić information content (AvgIpc) is 2.16. The Morgan fingerprint density at radius 3 is 1.79 bits per heavy atom. The number of aliphatic hydroxyl groups excluding tert-OH is 1. The van der Waals surface area contributed by atoms with Gasteiger partial charge in [-0.2, -0.15) is 0 Å². The Kier molecular flexibility index (Phi) is 3.67. The van der Waals surface area contributed by atoms with Crippen molar-refractivity contribution in [2.75, 3.05) is 0 Å². The zero-order valence-corrected chi connectivity index (χ0v) is 9.07. The molecular weight excluding hydrogens is 174 g/mol. The highest BCUT2D eigenvalue weighted by Gasteiger charge is 2.11. The van der Waals surface area contributed by atoms with Gasteiger partial charge in [-0.15, -0.1) is 0 Å². The minimum absolute atomic E-state index is 0.281. The summed E-state index contributed by atoms with van der Waals surface area (Å²) in [5, 5.41) is 9.33. The van der Waals surface area contributed by atoms with Gasteiger partial charge in [-0.1, -0.05) is 38.1 Å². The summed E-state index contributed by atoms with van der Waals surface area (Å²) in [6.07, 6.45) is -0.500. The van der Waals surface area contributed by atoms with Gasteiger partial charge in [0.25, 0.3) is 0 Å². The van der Waals surface area contributed by atoms with E-state index in [1.807, 2.05) is 12.1 Å². The summed E-state index contributed by atoms with van der Waals surface area (Å²) in [4.78, 5) is 0. The zero-order chi connectivity index (χ0) is 10.7. The lowest BCUT2D eigenvalue weighted by Crippen LogP contribution is -2.23. The number of nitrogens with two attached hydrogens (primary N) is 1. The van der Waals surface area contributed by atoms with Gasteiger partial charge >= 0.3 is 0 Å². The molecule has 0 aliphatic carbocycles. The predicted octanol–water partition coefficient (Wildman–Crippen LogP) is 2.19. The number of benzene rings is 1. The molecule has 2 heteroatoms. The standard InChI is InChI=1S/C12H19NO/c1-8(2)10-4-6-11(7-5-10)12(13)9(3)14/h4-9,12,14H,13H2,1-3H3/t9-,12-/m1/s1. The molecule has 0 saturated carbocycles. The molecule has 0 saturated heterocycles. The summed E-state index contributed by atoms with van der Waals surface area (Å²) >= 11 is 0. The highest BCUT2D eigenvalue weighted by atomic mass is 16.3. The second-order valence-corrected chi connectivity index (χ2v) is 4.09. The van der Waals surface area contributed by atoms with Crippen LogP contribution in [0.2, 0.25) is 0 Å². The van der Waals surface area contributed by atoms with Crippen LogP contribution in [0, 0.1) is 0 Å². The molecule has 78 valence electrons. The maximum absolute atomic E-state index is 9.33. The van der Waals surface area contributed by atoms with Gasteiger partial charge in [-0.3, -0.25) is 0 Å². The van der Waals surface area contributed by atoms with E-state index in [0.29, 0.717) is 5.92 Å². The van der Waals surface area contributed by atoms with Crippen LogP contribution in [0.25, 0.3) is 0 Å². The molecule has 0 unspecified atom stereocenters. The van der Waals surface area contributed by atoms with Gasteiger partial charge in [0, 0.05) is 0 Å². The van der Waals surface area contributed by atoms with Gasteiger partial charge in [0.2, 0.25) is 0 Å². The molecule has 3 N–H and O–H groups in total. The van der Waals surface area contributed by atoms with Crippen LogP contribution in [0.1, 0.15) is 43.9 Å². The summed E-state index contributed by atoms with van der Waals surface area (Å²) in [6.45, 7) is 6.02. The molecule has 1 aromatic rings. The molecule has 0 spiro atoms. The first kappa shape index (κ1) is 11.2. The van der Waals surface area contributed by atoms with E-state index in [2.05, 4.69) is 26.0 Å². The molecule has 1 aromatic carbocycles. The van der Waals surface area contributed by atoms with Crippen molar-refractivity contribution in [1.29, 1.82) is 0 Å². The lowest BCUT2D eigenvalue weighted by molar-refractivity contribution is 0.164. The Labute approximate surface area is 85.8 Å². The first-order chi connectivity index (χ1) is 6.52.